The van der Waals surface area contributed by atoms with E-state index in [0.29, 0.717) is 0 Å². The van der Waals surface area contributed by atoms with E-state index in [1.165, 1.54) is 0 Å². The van der Waals surface area contributed by atoms with E-state index in [9.17, 15) is 4.79 Å². The summed E-state index contributed by atoms with van der Waals surface area (Å²) >= 11 is 0. The van der Waals surface area contributed by atoms with Gasteiger partial charge in [-0.05, 0) is 6.07 Å². The molecule has 2 rings (SSSR count). The highest BCUT2D eigenvalue weighted by Gasteiger charge is 2.17. The molecule has 0 atom stereocenters. The number of ketones is 1. The molecule has 1 aromatic carbocycles. The summed E-state index contributed by atoms with van der Waals surface area (Å²) in [6.07, 6.45) is 1.76. The Kier molecular flexibility index (Phi) is 2.69. The van der Waals surface area contributed by atoms with E-state index in [-0.39, 0.29) is 11.7 Å². The maximum absolute atomic E-state index is 12.0. The summed E-state index contributed by atoms with van der Waals surface area (Å²) in [4.78, 5) is 17.2. The third-order valence-corrected chi connectivity index (χ3v) is 2.66. The normalized spacial score (nSPS) is 11.0. The molecule has 1 heterocycles. The van der Waals surface area contributed by atoms with Crippen molar-refractivity contribution in [1.29, 1.82) is 0 Å². The lowest BCUT2D eigenvalue weighted by Crippen LogP contribution is -2.07. The molecule has 0 unspecified atom stereocenters. The van der Waals surface area contributed by atoms with E-state index >= 15 is 0 Å². The van der Waals surface area contributed by atoms with Crippen molar-refractivity contribution in [2.75, 3.05) is 7.11 Å². The van der Waals surface area contributed by atoms with Crippen LogP contribution in [0, 0.1) is 5.92 Å². The van der Waals surface area contributed by atoms with Crippen LogP contribution in [0.25, 0.3) is 10.9 Å². The number of aromatic nitrogens is 1. The Balaban J connectivity index is 2.66. The second kappa shape index (κ2) is 4.00. The van der Waals surface area contributed by atoms with Crippen LogP contribution in [0.3, 0.4) is 0 Å². The largest absolute Gasteiger partial charge is 0.417 e. The van der Waals surface area contributed by atoms with Gasteiger partial charge in [-0.25, -0.2) is 0 Å². The van der Waals surface area contributed by atoms with Crippen molar-refractivity contribution in [2.45, 2.75) is 13.8 Å². The molecule has 0 radical (unpaired) electrons. The predicted molar refractivity (Wildman–Crippen MR) is 63.6 cm³/mol. The Morgan fingerprint density at radius 1 is 1.31 bits per heavy atom. The highest BCUT2D eigenvalue weighted by Crippen LogP contribution is 2.22. The highest BCUT2D eigenvalue weighted by atomic mass is 16.6. The van der Waals surface area contributed by atoms with E-state index in [4.69, 9.17) is 4.84 Å². The van der Waals surface area contributed by atoms with Gasteiger partial charge in [0.15, 0.2) is 5.78 Å². The molecule has 84 valence electrons. The Morgan fingerprint density at radius 3 is 2.62 bits per heavy atom. The van der Waals surface area contributed by atoms with E-state index in [0.717, 1.165) is 16.5 Å². The lowest BCUT2D eigenvalue weighted by Gasteiger charge is -2.01. The summed E-state index contributed by atoms with van der Waals surface area (Å²) in [6.45, 7) is 3.81. The summed E-state index contributed by atoms with van der Waals surface area (Å²) in [5.74, 6) is 0.142. The van der Waals surface area contributed by atoms with Crippen molar-refractivity contribution < 1.29 is 9.63 Å². The monoisotopic (exact) mass is 217 g/mol. The first-order valence-electron chi connectivity index (χ1n) is 5.34. The van der Waals surface area contributed by atoms with E-state index in [1.54, 1.807) is 18.0 Å². The van der Waals surface area contributed by atoms with E-state index in [2.05, 4.69) is 0 Å². The van der Waals surface area contributed by atoms with Crippen molar-refractivity contribution >= 4 is 16.7 Å². The van der Waals surface area contributed by atoms with Gasteiger partial charge in [-0.15, -0.1) is 0 Å². The van der Waals surface area contributed by atoms with Crippen LogP contribution in [-0.4, -0.2) is 17.6 Å². The first-order chi connectivity index (χ1) is 7.65. The number of para-hydroxylation sites is 1. The molecule has 3 heteroatoms. The maximum atomic E-state index is 12.0. The fourth-order valence-corrected chi connectivity index (χ4v) is 1.81. The smallest absolute Gasteiger partial charge is 0.167 e. The predicted octanol–water partition coefficient (Wildman–Crippen LogP) is 2.54. The number of fused-ring (bicyclic) bond motifs is 1. The number of hydrogen-bond acceptors (Lipinski definition) is 2. The lowest BCUT2D eigenvalue weighted by molar-refractivity contribution is 0.0938. The summed E-state index contributed by atoms with van der Waals surface area (Å²) in [7, 11) is 1.59. The maximum Gasteiger partial charge on any atom is 0.167 e. The molecule has 0 bridgehead atoms. The zero-order chi connectivity index (χ0) is 11.7. The first-order valence-corrected chi connectivity index (χ1v) is 5.34. The molecule has 3 nitrogen and oxygen atoms in total. The minimum atomic E-state index is -0.00360. The van der Waals surface area contributed by atoms with Crippen LogP contribution in [0.1, 0.15) is 24.2 Å². The number of hydrogen-bond donors (Lipinski definition) is 0. The summed E-state index contributed by atoms with van der Waals surface area (Å²) in [5, 5.41) is 0.947. The molecule has 0 spiro atoms. The van der Waals surface area contributed by atoms with Gasteiger partial charge < -0.3 is 4.84 Å². The van der Waals surface area contributed by atoms with Crippen LogP contribution in [0.2, 0.25) is 0 Å². The number of benzene rings is 1. The minimum Gasteiger partial charge on any atom is -0.417 e. The lowest BCUT2D eigenvalue weighted by atomic mass is 10.0. The highest BCUT2D eigenvalue weighted by molar-refractivity contribution is 6.08. The second-order valence-electron chi connectivity index (χ2n) is 4.09. The van der Waals surface area contributed by atoms with Crippen LogP contribution in [0.15, 0.2) is 30.5 Å². The van der Waals surface area contributed by atoms with E-state index < -0.39 is 0 Å². The average Bonchev–Trinajstić information content (AvgIpc) is 2.66. The Labute approximate surface area is 94.6 Å². The summed E-state index contributed by atoms with van der Waals surface area (Å²) in [6, 6.07) is 7.75. The zero-order valence-corrected chi connectivity index (χ0v) is 9.73. The molecule has 0 saturated carbocycles. The molecule has 1 aromatic heterocycles. The fourth-order valence-electron chi connectivity index (χ4n) is 1.81. The zero-order valence-electron chi connectivity index (χ0n) is 9.73. The number of nitrogens with zero attached hydrogens (tertiary/aromatic N) is 1. The summed E-state index contributed by atoms with van der Waals surface area (Å²) < 4.78 is 1.63. The van der Waals surface area contributed by atoms with Crippen molar-refractivity contribution in [3.63, 3.8) is 0 Å². The van der Waals surface area contributed by atoms with Gasteiger partial charge >= 0.3 is 0 Å². The number of carbonyl (C=O) groups is 1. The van der Waals surface area contributed by atoms with Crippen LogP contribution in [0.5, 0.6) is 0 Å². The van der Waals surface area contributed by atoms with Crippen LogP contribution in [0.4, 0.5) is 0 Å². The first kappa shape index (κ1) is 10.7. The Morgan fingerprint density at radius 2 is 2.00 bits per heavy atom. The number of carbonyl (C=O) groups excluding carboxylic acids is 1. The minimum absolute atomic E-state index is 0.00360. The molecular weight excluding hydrogens is 202 g/mol. The molecule has 2 aromatic rings. The van der Waals surface area contributed by atoms with Crippen molar-refractivity contribution in [3.05, 3.63) is 36.0 Å². The standard InChI is InChI=1S/C13H15NO2/c1-9(2)13(15)11-8-14(16-3)12-7-5-4-6-10(11)12/h4-9H,1-3H3. The van der Waals surface area contributed by atoms with Gasteiger partial charge in [-0.2, -0.15) is 4.73 Å². The molecule has 0 fully saturated rings. The van der Waals surface area contributed by atoms with Gasteiger partial charge in [-0.1, -0.05) is 32.0 Å². The van der Waals surface area contributed by atoms with Gasteiger partial charge in [0.2, 0.25) is 0 Å². The fraction of sp³-hybridized carbons (Fsp3) is 0.308. The Hall–Kier alpha value is -1.77. The van der Waals surface area contributed by atoms with Crippen molar-refractivity contribution in [1.82, 2.24) is 4.73 Å². The van der Waals surface area contributed by atoms with Crippen LogP contribution in [-0.2, 0) is 0 Å². The SMILES string of the molecule is COn1cc(C(=O)C(C)C)c2ccccc21. The number of rotatable bonds is 3. The molecule has 0 saturated heterocycles. The molecule has 0 aliphatic carbocycles. The van der Waals surface area contributed by atoms with Gasteiger partial charge in [-0.3, -0.25) is 4.79 Å². The van der Waals surface area contributed by atoms with Gasteiger partial charge in [0, 0.05) is 16.9 Å². The molecule has 0 N–H and O–H groups in total. The molecule has 0 aliphatic rings. The van der Waals surface area contributed by atoms with Crippen LogP contribution >= 0.6 is 0 Å². The third-order valence-electron chi connectivity index (χ3n) is 2.66. The quantitative estimate of drug-likeness (QED) is 0.740. The second-order valence-corrected chi connectivity index (χ2v) is 4.09. The van der Waals surface area contributed by atoms with Gasteiger partial charge in [0.25, 0.3) is 0 Å². The van der Waals surface area contributed by atoms with Crippen molar-refractivity contribution in [2.24, 2.45) is 5.92 Å². The Bertz CT molecular complexity index is 526. The molecule has 0 amide bonds. The van der Waals surface area contributed by atoms with Gasteiger partial charge in [0.1, 0.15) is 7.11 Å². The third kappa shape index (κ3) is 1.58. The summed E-state index contributed by atoms with van der Waals surface area (Å²) in [5.41, 5.74) is 1.65. The molecule has 16 heavy (non-hydrogen) atoms. The average molecular weight is 217 g/mol. The van der Waals surface area contributed by atoms with E-state index in [1.807, 2.05) is 38.1 Å². The topological polar surface area (TPSA) is 31.2 Å². The number of Topliss-reactive ketones (excluding diaryl/α,β-unsaturated/α-hetero) is 1. The van der Waals surface area contributed by atoms with Crippen LogP contribution < -0.4 is 4.84 Å². The molecule has 0 aliphatic heterocycles. The molecular formula is C13H15NO2. The van der Waals surface area contributed by atoms with Gasteiger partial charge in [0.05, 0.1) is 11.7 Å². The van der Waals surface area contributed by atoms with Crippen molar-refractivity contribution in [3.8, 4) is 0 Å².